The number of carboxylic acids is 1. The van der Waals surface area contributed by atoms with Crippen LogP contribution in [0.3, 0.4) is 0 Å². The average molecular weight is 358 g/mol. The lowest BCUT2D eigenvalue weighted by molar-refractivity contribution is -0.136. The Morgan fingerprint density at radius 1 is 0.963 bits per heavy atom. The van der Waals surface area contributed by atoms with Crippen molar-refractivity contribution in [3.63, 3.8) is 0 Å². The van der Waals surface area contributed by atoms with Crippen LogP contribution >= 0.6 is 0 Å². The van der Waals surface area contributed by atoms with E-state index in [0.717, 1.165) is 27.8 Å². The van der Waals surface area contributed by atoms with Gasteiger partial charge >= 0.3 is 5.97 Å². The number of methoxy groups -OCH3 is 1. The standard InChI is InChI=1S/C23H18O4/c1-26-19-14-20-18(12-17(19)13-21(24)25)22(15-8-4-2-5-9-15)23(27-20)16-10-6-3-7-11-16/h2-12,14H,13H2,1H3,(H,24,25). The lowest BCUT2D eigenvalue weighted by atomic mass is 9.97. The molecule has 1 N–H and O–H groups in total. The number of aliphatic carboxylic acids is 1. The Balaban J connectivity index is 2.04. The molecule has 0 saturated carbocycles. The first-order chi connectivity index (χ1) is 13.2. The maximum Gasteiger partial charge on any atom is 0.307 e. The average Bonchev–Trinajstić information content (AvgIpc) is 3.06. The van der Waals surface area contributed by atoms with Gasteiger partial charge in [0.15, 0.2) is 0 Å². The molecule has 4 heteroatoms. The maximum absolute atomic E-state index is 11.3. The van der Waals surface area contributed by atoms with Gasteiger partial charge in [-0.15, -0.1) is 0 Å². The monoisotopic (exact) mass is 358 g/mol. The number of furan rings is 1. The van der Waals surface area contributed by atoms with Gasteiger partial charge in [-0.3, -0.25) is 4.79 Å². The molecule has 1 aromatic heterocycles. The van der Waals surface area contributed by atoms with Gasteiger partial charge in [-0.05, 0) is 11.6 Å². The molecule has 4 nitrogen and oxygen atoms in total. The molecule has 4 aromatic rings. The van der Waals surface area contributed by atoms with Crippen LogP contribution in [0.15, 0.2) is 77.2 Å². The van der Waals surface area contributed by atoms with Gasteiger partial charge in [-0.25, -0.2) is 0 Å². The lowest BCUT2D eigenvalue weighted by Gasteiger charge is -2.07. The van der Waals surface area contributed by atoms with Crippen molar-refractivity contribution in [1.29, 1.82) is 0 Å². The van der Waals surface area contributed by atoms with Gasteiger partial charge in [0.25, 0.3) is 0 Å². The first kappa shape index (κ1) is 16.9. The summed E-state index contributed by atoms with van der Waals surface area (Å²) in [5.74, 6) is 0.366. The van der Waals surface area contributed by atoms with E-state index in [-0.39, 0.29) is 6.42 Å². The van der Waals surface area contributed by atoms with Crippen LogP contribution in [0.4, 0.5) is 0 Å². The van der Waals surface area contributed by atoms with Gasteiger partial charge in [0.2, 0.25) is 0 Å². The summed E-state index contributed by atoms with van der Waals surface area (Å²) in [7, 11) is 1.53. The van der Waals surface area contributed by atoms with Crippen molar-refractivity contribution in [3.8, 4) is 28.2 Å². The molecule has 0 aliphatic carbocycles. The fourth-order valence-corrected chi connectivity index (χ4v) is 3.34. The van der Waals surface area contributed by atoms with E-state index in [1.807, 2.05) is 66.7 Å². The quantitative estimate of drug-likeness (QED) is 0.519. The summed E-state index contributed by atoms with van der Waals surface area (Å²) < 4.78 is 11.6. The van der Waals surface area contributed by atoms with E-state index in [0.29, 0.717) is 16.9 Å². The van der Waals surface area contributed by atoms with Crippen LogP contribution < -0.4 is 4.74 Å². The zero-order chi connectivity index (χ0) is 18.8. The van der Waals surface area contributed by atoms with Gasteiger partial charge < -0.3 is 14.3 Å². The molecule has 3 aromatic carbocycles. The maximum atomic E-state index is 11.3. The largest absolute Gasteiger partial charge is 0.496 e. The zero-order valence-corrected chi connectivity index (χ0v) is 14.8. The predicted octanol–water partition coefficient (Wildman–Crippen LogP) is 5.40. The summed E-state index contributed by atoms with van der Waals surface area (Å²) in [6, 6.07) is 23.5. The number of hydrogen-bond acceptors (Lipinski definition) is 3. The highest BCUT2D eigenvalue weighted by molar-refractivity contribution is 6.02. The summed E-state index contributed by atoms with van der Waals surface area (Å²) in [5.41, 5.74) is 4.22. The summed E-state index contributed by atoms with van der Waals surface area (Å²) >= 11 is 0. The number of carbonyl (C=O) groups is 1. The van der Waals surface area contributed by atoms with E-state index in [1.54, 1.807) is 6.07 Å². The molecule has 0 unspecified atom stereocenters. The van der Waals surface area contributed by atoms with E-state index in [1.165, 1.54) is 7.11 Å². The van der Waals surface area contributed by atoms with Crippen LogP contribution in [0.5, 0.6) is 5.75 Å². The Labute approximate surface area is 156 Å². The molecule has 0 spiro atoms. The van der Waals surface area contributed by atoms with Gasteiger partial charge in [0.05, 0.1) is 13.5 Å². The van der Waals surface area contributed by atoms with Crippen LogP contribution in [0.2, 0.25) is 0 Å². The number of rotatable bonds is 5. The molecule has 0 atom stereocenters. The van der Waals surface area contributed by atoms with Crippen molar-refractivity contribution in [2.45, 2.75) is 6.42 Å². The number of carboxylic acid groups (broad SMARTS) is 1. The fourth-order valence-electron chi connectivity index (χ4n) is 3.34. The van der Waals surface area contributed by atoms with Crippen LogP contribution in [0.1, 0.15) is 5.56 Å². The predicted molar refractivity (Wildman–Crippen MR) is 105 cm³/mol. The highest BCUT2D eigenvalue weighted by Crippen LogP contribution is 2.42. The first-order valence-electron chi connectivity index (χ1n) is 8.63. The van der Waals surface area contributed by atoms with Gasteiger partial charge in [-0.2, -0.15) is 0 Å². The minimum atomic E-state index is -0.902. The van der Waals surface area contributed by atoms with Crippen LogP contribution in [-0.2, 0) is 11.2 Å². The summed E-state index contributed by atoms with van der Waals surface area (Å²) in [6.07, 6.45) is -0.112. The smallest absolute Gasteiger partial charge is 0.307 e. The summed E-state index contributed by atoms with van der Waals surface area (Å²) in [4.78, 5) is 11.3. The number of fused-ring (bicyclic) bond motifs is 1. The van der Waals surface area contributed by atoms with Gasteiger partial charge in [0.1, 0.15) is 17.1 Å². The Kier molecular flexibility index (Phi) is 4.38. The molecular formula is C23H18O4. The number of benzene rings is 3. The molecule has 0 bridgehead atoms. The SMILES string of the molecule is COc1cc2oc(-c3ccccc3)c(-c3ccccc3)c2cc1CC(=O)O. The van der Waals surface area contributed by atoms with Crippen LogP contribution in [0.25, 0.3) is 33.4 Å². The third-order valence-electron chi connectivity index (χ3n) is 4.53. The van der Waals surface area contributed by atoms with Crippen LogP contribution in [-0.4, -0.2) is 18.2 Å². The minimum absolute atomic E-state index is 0.112. The van der Waals surface area contributed by atoms with Gasteiger partial charge in [0, 0.05) is 28.1 Å². The third kappa shape index (κ3) is 3.17. The van der Waals surface area contributed by atoms with E-state index in [4.69, 9.17) is 9.15 Å². The minimum Gasteiger partial charge on any atom is -0.496 e. The van der Waals surface area contributed by atoms with Crippen molar-refractivity contribution in [3.05, 3.63) is 78.4 Å². The van der Waals surface area contributed by atoms with Crippen molar-refractivity contribution >= 4 is 16.9 Å². The molecule has 27 heavy (non-hydrogen) atoms. The highest BCUT2D eigenvalue weighted by atomic mass is 16.5. The Hall–Kier alpha value is -3.53. The molecule has 134 valence electrons. The molecule has 0 aliphatic rings. The second-order valence-corrected chi connectivity index (χ2v) is 6.27. The molecule has 0 fully saturated rings. The Bertz CT molecular complexity index is 1100. The molecule has 0 amide bonds. The van der Waals surface area contributed by atoms with Crippen molar-refractivity contribution in [2.24, 2.45) is 0 Å². The van der Waals surface area contributed by atoms with Crippen LogP contribution in [0, 0.1) is 0 Å². The fraction of sp³-hybridized carbons (Fsp3) is 0.0870. The number of ether oxygens (including phenoxy) is 1. The summed E-state index contributed by atoms with van der Waals surface area (Å²) in [6.45, 7) is 0. The third-order valence-corrected chi connectivity index (χ3v) is 4.53. The molecule has 0 radical (unpaired) electrons. The zero-order valence-electron chi connectivity index (χ0n) is 14.8. The van der Waals surface area contributed by atoms with E-state index < -0.39 is 5.97 Å². The highest BCUT2D eigenvalue weighted by Gasteiger charge is 2.20. The van der Waals surface area contributed by atoms with Gasteiger partial charge in [-0.1, -0.05) is 60.7 Å². The first-order valence-corrected chi connectivity index (χ1v) is 8.63. The second-order valence-electron chi connectivity index (χ2n) is 6.27. The normalized spacial score (nSPS) is 10.9. The lowest BCUT2D eigenvalue weighted by Crippen LogP contribution is -2.02. The van der Waals surface area contributed by atoms with Crippen molar-refractivity contribution in [1.82, 2.24) is 0 Å². The Morgan fingerprint density at radius 2 is 1.59 bits per heavy atom. The van der Waals surface area contributed by atoms with E-state index in [2.05, 4.69) is 0 Å². The van der Waals surface area contributed by atoms with E-state index in [9.17, 15) is 9.90 Å². The second kappa shape index (κ2) is 7.00. The van der Waals surface area contributed by atoms with Crippen molar-refractivity contribution < 1.29 is 19.1 Å². The summed E-state index contributed by atoms with van der Waals surface area (Å²) in [5, 5.41) is 10.1. The van der Waals surface area contributed by atoms with Crippen molar-refractivity contribution in [2.75, 3.05) is 7.11 Å². The van der Waals surface area contributed by atoms with E-state index >= 15 is 0 Å². The molecule has 0 aliphatic heterocycles. The molecular weight excluding hydrogens is 340 g/mol. The molecule has 1 heterocycles. The molecule has 4 rings (SSSR count). The topological polar surface area (TPSA) is 59.7 Å². The molecule has 0 saturated heterocycles. The Morgan fingerprint density at radius 3 is 2.19 bits per heavy atom. The number of hydrogen-bond donors (Lipinski definition) is 1.